The first-order chi connectivity index (χ1) is 5.86. The van der Waals surface area contributed by atoms with Crippen LogP contribution >= 0.6 is 0 Å². The van der Waals surface area contributed by atoms with Crippen molar-refractivity contribution >= 4 is 0 Å². The minimum atomic E-state index is -0.314. The molecule has 3 unspecified atom stereocenters. The summed E-state index contributed by atoms with van der Waals surface area (Å²) in [6, 6.07) is 0.668. The van der Waals surface area contributed by atoms with Crippen LogP contribution in [0.5, 0.6) is 0 Å². The second-order valence-corrected chi connectivity index (χ2v) is 3.57. The molecule has 70 valence electrons. The number of aliphatic hydroxyl groups excluding tert-OH is 1. The second kappa shape index (κ2) is 3.70. The molecule has 0 amide bonds. The fourth-order valence-electron chi connectivity index (χ4n) is 1.80. The van der Waals surface area contributed by atoms with Crippen molar-refractivity contribution in [1.82, 2.24) is 10.6 Å². The third kappa shape index (κ3) is 1.77. The Morgan fingerprint density at radius 2 is 2.33 bits per heavy atom. The lowest BCUT2D eigenvalue weighted by molar-refractivity contribution is 0.121. The second-order valence-electron chi connectivity index (χ2n) is 3.57. The van der Waals surface area contributed by atoms with Crippen molar-refractivity contribution in [2.24, 2.45) is 0 Å². The Morgan fingerprint density at radius 3 is 2.92 bits per heavy atom. The lowest BCUT2D eigenvalue weighted by Gasteiger charge is -2.19. The molecule has 2 heterocycles. The van der Waals surface area contributed by atoms with Crippen LogP contribution < -0.4 is 10.6 Å². The van der Waals surface area contributed by atoms with Gasteiger partial charge in [-0.2, -0.15) is 0 Å². The summed E-state index contributed by atoms with van der Waals surface area (Å²) < 4.78 is 5.15. The van der Waals surface area contributed by atoms with Gasteiger partial charge in [0.05, 0.1) is 25.4 Å². The van der Waals surface area contributed by atoms with E-state index in [0.717, 1.165) is 19.5 Å². The van der Waals surface area contributed by atoms with Gasteiger partial charge in [0.25, 0.3) is 0 Å². The monoisotopic (exact) mass is 172 g/mol. The quantitative estimate of drug-likeness (QED) is 0.484. The Hall–Kier alpha value is -0.160. The Bertz CT molecular complexity index is 148. The van der Waals surface area contributed by atoms with Gasteiger partial charge >= 0.3 is 0 Å². The SMILES string of the molecule is OC1COCC1NC1CCNC1. The molecule has 0 aromatic heterocycles. The number of hydrogen-bond donors (Lipinski definition) is 3. The number of hydrogen-bond acceptors (Lipinski definition) is 4. The summed E-state index contributed by atoms with van der Waals surface area (Å²) in [7, 11) is 0. The minimum Gasteiger partial charge on any atom is -0.389 e. The molecular weight excluding hydrogens is 156 g/mol. The molecule has 3 N–H and O–H groups in total. The Kier molecular flexibility index (Phi) is 2.60. The standard InChI is InChI=1S/C8H16N2O2/c11-8-5-12-4-7(8)10-6-1-2-9-3-6/h6-11H,1-5H2. The first-order valence-electron chi connectivity index (χ1n) is 4.59. The summed E-state index contributed by atoms with van der Waals surface area (Å²) in [5.41, 5.74) is 0. The molecule has 2 saturated heterocycles. The van der Waals surface area contributed by atoms with Crippen molar-refractivity contribution in [2.45, 2.75) is 24.6 Å². The molecule has 2 aliphatic heterocycles. The van der Waals surface area contributed by atoms with Crippen LogP contribution in [0.15, 0.2) is 0 Å². The van der Waals surface area contributed by atoms with Gasteiger partial charge in [0.2, 0.25) is 0 Å². The van der Waals surface area contributed by atoms with Gasteiger partial charge in [-0.3, -0.25) is 0 Å². The average molecular weight is 172 g/mol. The zero-order chi connectivity index (χ0) is 8.39. The van der Waals surface area contributed by atoms with Gasteiger partial charge < -0.3 is 20.5 Å². The molecule has 0 aromatic carbocycles. The van der Waals surface area contributed by atoms with Crippen molar-refractivity contribution in [3.05, 3.63) is 0 Å². The summed E-state index contributed by atoms with van der Waals surface area (Å²) in [6.45, 7) is 3.24. The summed E-state index contributed by atoms with van der Waals surface area (Å²) in [6.07, 6.45) is 0.842. The number of aliphatic hydroxyl groups is 1. The highest BCUT2D eigenvalue weighted by molar-refractivity contribution is 4.87. The highest BCUT2D eigenvalue weighted by Crippen LogP contribution is 2.08. The van der Waals surface area contributed by atoms with Crippen molar-refractivity contribution in [3.63, 3.8) is 0 Å². The maximum Gasteiger partial charge on any atom is 0.0948 e. The highest BCUT2D eigenvalue weighted by Gasteiger charge is 2.28. The van der Waals surface area contributed by atoms with E-state index in [0.29, 0.717) is 19.3 Å². The van der Waals surface area contributed by atoms with Crippen LogP contribution in [0.4, 0.5) is 0 Å². The van der Waals surface area contributed by atoms with E-state index in [1.807, 2.05) is 0 Å². The largest absolute Gasteiger partial charge is 0.389 e. The first-order valence-corrected chi connectivity index (χ1v) is 4.59. The summed E-state index contributed by atoms with van der Waals surface area (Å²) in [5.74, 6) is 0. The predicted octanol–water partition coefficient (Wildman–Crippen LogP) is -1.30. The van der Waals surface area contributed by atoms with Crippen LogP contribution in [-0.2, 0) is 4.74 Å². The van der Waals surface area contributed by atoms with E-state index in [2.05, 4.69) is 10.6 Å². The van der Waals surface area contributed by atoms with E-state index in [4.69, 9.17) is 4.74 Å². The molecule has 2 rings (SSSR count). The molecule has 0 spiro atoms. The van der Waals surface area contributed by atoms with Crippen LogP contribution in [0.25, 0.3) is 0 Å². The van der Waals surface area contributed by atoms with Crippen LogP contribution in [0.2, 0.25) is 0 Å². The summed E-state index contributed by atoms with van der Waals surface area (Å²) >= 11 is 0. The Labute approximate surface area is 72.3 Å². The van der Waals surface area contributed by atoms with Crippen LogP contribution in [0.1, 0.15) is 6.42 Å². The van der Waals surface area contributed by atoms with Crippen molar-refractivity contribution in [2.75, 3.05) is 26.3 Å². The molecule has 12 heavy (non-hydrogen) atoms. The van der Waals surface area contributed by atoms with Gasteiger partial charge in [0, 0.05) is 12.6 Å². The molecule has 3 atom stereocenters. The fourth-order valence-corrected chi connectivity index (χ4v) is 1.80. The van der Waals surface area contributed by atoms with Crippen molar-refractivity contribution in [1.29, 1.82) is 0 Å². The molecule has 2 aliphatic rings. The number of ether oxygens (including phenoxy) is 1. The van der Waals surface area contributed by atoms with Gasteiger partial charge in [-0.05, 0) is 13.0 Å². The van der Waals surface area contributed by atoms with Crippen LogP contribution in [0, 0.1) is 0 Å². The molecular formula is C8H16N2O2. The van der Waals surface area contributed by atoms with E-state index in [1.165, 1.54) is 0 Å². The van der Waals surface area contributed by atoms with Gasteiger partial charge in [0.1, 0.15) is 0 Å². The highest BCUT2D eigenvalue weighted by atomic mass is 16.5. The topological polar surface area (TPSA) is 53.5 Å². The van der Waals surface area contributed by atoms with Crippen molar-refractivity contribution < 1.29 is 9.84 Å². The molecule has 4 heteroatoms. The lowest BCUT2D eigenvalue weighted by Crippen LogP contribution is -2.45. The third-order valence-corrected chi connectivity index (χ3v) is 2.56. The smallest absolute Gasteiger partial charge is 0.0948 e. The predicted molar refractivity (Wildman–Crippen MR) is 45.0 cm³/mol. The van der Waals surface area contributed by atoms with Gasteiger partial charge in [-0.25, -0.2) is 0 Å². The van der Waals surface area contributed by atoms with Crippen molar-refractivity contribution in [3.8, 4) is 0 Å². The van der Waals surface area contributed by atoms with Gasteiger partial charge in [-0.1, -0.05) is 0 Å². The molecule has 0 saturated carbocycles. The zero-order valence-electron chi connectivity index (χ0n) is 7.12. The molecule has 4 nitrogen and oxygen atoms in total. The Morgan fingerprint density at radius 1 is 1.42 bits per heavy atom. The molecule has 0 bridgehead atoms. The van der Waals surface area contributed by atoms with E-state index in [9.17, 15) is 5.11 Å². The van der Waals surface area contributed by atoms with E-state index in [1.54, 1.807) is 0 Å². The van der Waals surface area contributed by atoms with Crippen LogP contribution in [0.3, 0.4) is 0 Å². The summed E-state index contributed by atoms with van der Waals surface area (Å²) in [5, 5.41) is 16.1. The number of nitrogens with one attached hydrogen (secondary N) is 2. The van der Waals surface area contributed by atoms with Crippen LogP contribution in [-0.4, -0.2) is 49.6 Å². The first kappa shape index (κ1) is 8.44. The molecule has 0 aliphatic carbocycles. The molecule has 0 radical (unpaired) electrons. The third-order valence-electron chi connectivity index (χ3n) is 2.56. The molecule has 2 fully saturated rings. The Balaban J connectivity index is 1.77. The number of rotatable bonds is 2. The van der Waals surface area contributed by atoms with E-state index >= 15 is 0 Å². The lowest BCUT2D eigenvalue weighted by atomic mass is 10.1. The average Bonchev–Trinajstić information content (AvgIpc) is 2.65. The molecule has 0 aromatic rings. The minimum absolute atomic E-state index is 0.148. The van der Waals surface area contributed by atoms with E-state index in [-0.39, 0.29) is 12.1 Å². The summed E-state index contributed by atoms with van der Waals surface area (Å²) in [4.78, 5) is 0. The maximum atomic E-state index is 9.44. The maximum absolute atomic E-state index is 9.44. The normalized spacial score (nSPS) is 42.2. The zero-order valence-corrected chi connectivity index (χ0v) is 7.12. The van der Waals surface area contributed by atoms with E-state index < -0.39 is 0 Å². The van der Waals surface area contributed by atoms with Gasteiger partial charge in [0.15, 0.2) is 0 Å². The van der Waals surface area contributed by atoms with Gasteiger partial charge in [-0.15, -0.1) is 0 Å². The fraction of sp³-hybridized carbons (Fsp3) is 1.00.